The van der Waals surface area contributed by atoms with Crippen molar-refractivity contribution in [3.05, 3.63) is 53.0 Å². The Morgan fingerprint density at radius 2 is 2.00 bits per heavy atom. The van der Waals surface area contributed by atoms with Gasteiger partial charge in [0.1, 0.15) is 23.2 Å². The van der Waals surface area contributed by atoms with Crippen LogP contribution in [0.15, 0.2) is 45.4 Å². The molecule has 0 unspecified atom stereocenters. The minimum Gasteiger partial charge on any atom is -0.496 e. The predicted octanol–water partition coefficient (Wildman–Crippen LogP) is 2.32. The fraction of sp³-hybridized carbons (Fsp3) is 0.176. The molecule has 0 aliphatic carbocycles. The van der Waals surface area contributed by atoms with Crippen LogP contribution in [0.2, 0.25) is 0 Å². The summed E-state index contributed by atoms with van der Waals surface area (Å²) in [5, 5.41) is 9.10. The van der Waals surface area contributed by atoms with Crippen LogP contribution in [-0.4, -0.2) is 21.4 Å². The Bertz CT molecular complexity index is 967. The SMILES string of the molecule is COc1ccc(S(=O)(=O)NC(=O)/C(C#N)=C\c2ccco2)c(C)c1C. The van der Waals surface area contributed by atoms with E-state index in [0.717, 1.165) is 6.08 Å². The number of nitriles is 1. The lowest BCUT2D eigenvalue weighted by Gasteiger charge is -2.13. The second-order valence-corrected chi connectivity index (χ2v) is 6.79. The zero-order valence-corrected chi connectivity index (χ0v) is 14.7. The number of carbonyl (C=O) groups is 1. The number of methoxy groups -OCH3 is 1. The van der Waals surface area contributed by atoms with E-state index in [0.29, 0.717) is 16.9 Å². The molecule has 8 heteroatoms. The van der Waals surface area contributed by atoms with Crippen LogP contribution in [0.4, 0.5) is 0 Å². The van der Waals surface area contributed by atoms with Crippen molar-refractivity contribution < 1.29 is 22.4 Å². The van der Waals surface area contributed by atoms with E-state index >= 15 is 0 Å². The number of sulfonamides is 1. The Balaban J connectivity index is 2.34. The van der Waals surface area contributed by atoms with Crippen LogP contribution >= 0.6 is 0 Å². The van der Waals surface area contributed by atoms with Gasteiger partial charge in [0.15, 0.2) is 0 Å². The Hall–Kier alpha value is -3.05. The van der Waals surface area contributed by atoms with E-state index in [1.807, 2.05) is 4.72 Å². The van der Waals surface area contributed by atoms with Crippen LogP contribution in [0.5, 0.6) is 5.75 Å². The lowest BCUT2D eigenvalue weighted by molar-refractivity contribution is -0.115. The van der Waals surface area contributed by atoms with E-state index in [1.165, 1.54) is 31.6 Å². The predicted molar refractivity (Wildman–Crippen MR) is 90.1 cm³/mol. The van der Waals surface area contributed by atoms with Crippen molar-refractivity contribution in [3.63, 3.8) is 0 Å². The molecule has 130 valence electrons. The monoisotopic (exact) mass is 360 g/mol. The first-order chi connectivity index (χ1) is 11.8. The number of hydrogen-bond acceptors (Lipinski definition) is 6. The summed E-state index contributed by atoms with van der Waals surface area (Å²) in [6.45, 7) is 3.33. The maximum atomic E-state index is 12.5. The normalized spacial score (nSPS) is 11.7. The lowest BCUT2D eigenvalue weighted by Crippen LogP contribution is -2.32. The summed E-state index contributed by atoms with van der Waals surface area (Å²) >= 11 is 0. The van der Waals surface area contributed by atoms with Crippen molar-refractivity contribution in [1.82, 2.24) is 4.72 Å². The Morgan fingerprint density at radius 3 is 2.56 bits per heavy atom. The summed E-state index contributed by atoms with van der Waals surface area (Å²) in [6, 6.07) is 7.63. The van der Waals surface area contributed by atoms with Gasteiger partial charge in [0.2, 0.25) is 0 Å². The highest BCUT2D eigenvalue weighted by atomic mass is 32.2. The molecule has 2 aromatic rings. The van der Waals surface area contributed by atoms with Gasteiger partial charge in [-0.3, -0.25) is 4.79 Å². The third-order valence-electron chi connectivity index (χ3n) is 3.62. The standard InChI is InChI=1S/C17H16N2O5S/c1-11-12(2)16(7-6-15(11)23-3)25(21,22)19-17(20)13(10-18)9-14-5-4-8-24-14/h4-9H,1-3H3,(H,19,20)/b13-9-. The van der Waals surface area contributed by atoms with Crippen LogP contribution in [0.1, 0.15) is 16.9 Å². The van der Waals surface area contributed by atoms with E-state index in [-0.39, 0.29) is 16.2 Å². The lowest BCUT2D eigenvalue weighted by atomic mass is 10.1. The first-order valence-corrected chi connectivity index (χ1v) is 8.65. The van der Waals surface area contributed by atoms with Crippen molar-refractivity contribution in [2.45, 2.75) is 18.7 Å². The van der Waals surface area contributed by atoms with Crippen molar-refractivity contribution in [1.29, 1.82) is 5.26 Å². The summed E-state index contributed by atoms with van der Waals surface area (Å²) in [4.78, 5) is 12.1. The van der Waals surface area contributed by atoms with Crippen molar-refractivity contribution >= 4 is 22.0 Å². The van der Waals surface area contributed by atoms with Gasteiger partial charge in [-0.2, -0.15) is 5.26 Å². The molecule has 0 spiro atoms. The van der Waals surface area contributed by atoms with Gasteiger partial charge in [-0.15, -0.1) is 0 Å². The van der Waals surface area contributed by atoms with Crippen LogP contribution in [-0.2, 0) is 14.8 Å². The average Bonchev–Trinajstić information content (AvgIpc) is 3.07. The Morgan fingerprint density at radius 1 is 1.28 bits per heavy atom. The van der Waals surface area contributed by atoms with Gasteiger partial charge >= 0.3 is 0 Å². The summed E-state index contributed by atoms with van der Waals surface area (Å²) in [5.41, 5.74) is 0.707. The minimum absolute atomic E-state index is 0.0607. The number of nitrogens with zero attached hydrogens (tertiary/aromatic N) is 1. The molecule has 0 radical (unpaired) electrons. The number of ether oxygens (including phenoxy) is 1. The Labute approximate surface area is 145 Å². The topological polar surface area (TPSA) is 109 Å². The fourth-order valence-electron chi connectivity index (χ4n) is 2.18. The molecule has 1 aromatic heterocycles. The quantitative estimate of drug-likeness (QED) is 0.647. The van der Waals surface area contributed by atoms with Crippen molar-refractivity contribution in [2.75, 3.05) is 7.11 Å². The van der Waals surface area contributed by atoms with E-state index < -0.39 is 15.9 Å². The van der Waals surface area contributed by atoms with Gasteiger partial charge in [-0.05, 0) is 49.2 Å². The molecule has 0 saturated heterocycles. The summed E-state index contributed by atoms with van der Waals surface area (Å²) in [6.07, 6.45) is 2.54. The molecule has 0 aliphatic heterocycles. The summed E-state index contributed by atoms with van der Waals surface area (Å²) in [5.74, 6) is -0.231. The molecule has 1 N–H and O–H groups in total. The molecule has 7 nitrogen and oxygen atoms in total. The number of nitrogens with one attached hydrogen (secondary N) is 1. The number of furan rings is 1. The molecule has 0 saturated carbocycles. The molecule has 1 amide bonds. The molecular weight excluding hydrogens is 344 g/mol. The number of rotatable bonds is 5. The van der Waals surface area contributed by atoms with Crippen molar-refractivity contribution in [3.8, 4) is 11.8 Å². The number of benzene rings is 1. The van der Waals surface area contributed by atoms with E-state index in [9.17, 15) is 13.2 Å². The van der Waals surface area contributed by atoms with Crippen LogP contribution in [0, 0.1) is 25.2 Å². The first kappa shape index (κ1) is 18.3. The third kappa shape index (κ3) is 3.89. The largest absolute Gasteiger partial charge is 0.496 e. The molecular formula is C17H16N2O5S. The number of hydrogen-bond donors (Lipinski definition) is 1. The smallest absolute Gasteiger partial charge is 0.275 e. The van der Waals surface area contributed by atoms with Crippen LogP contribution < -0.4 is 9.46 Å². The second kappa shape index (κ2) is 7.23. The highest BCUT2D eigenvalue weighted by Gasteiger charge is 2.23. The van der Waals surface area contributed by atoms with E-state index in [4.69, 9.17) is 14.4 Å². The van der Waals surface area contributed by atoms with Crippen molar-refractivity contribution in [2.24, 2.45) is 0 Å². The number of amides is 1. The average molecular weight is 360 g/mol. The molecule has 0 aliphatic rings. The molecule has 0 fully saturated rings. The van der Waals surface area contributed by atoms with Gasteiger partial charge in [-0.1, -0.05) is 0 Å². The van der Waals surface area contributed by atoms with E-state index in [2.05, 4.69) is 0 Å². The zero-order valence-electron chi connectivity index (χ0n) is 13.9. The van der Waals surface area contributed by atoms with Gasteiger partial charge in [-0.25, -0.2) is 13.1 Å². The molecule has 2 rings (SSSR count). The highest BCUT2D eigenvalue weighted by molar-refractivity contribution is 7.90. The summed E-state index contributed by atoms with van der Waals surface area (Å²) < 4.78 is 37.1. The van der Waals surface area contributed by atoms with Gasteiger partial charge in [0, 0.05) is 6.08 Å². The zero-order chi connectivity index (χ0) is 18.6. The van der Waals surface area contributed by atoms with E-state index in [1.54, 1.807) is 26.0 Å². The first-order valence-electron chi connectivity index (χ1n) is 7.16. The van der Waals surface area contributed by atoms with Gasteiger partial charge in [0.05, 0.1) is 18.3 Å². The van der Waals surface area contributed by atoms with Gasteiger partial charge in [0.25, 0.3) is 15.9 Å². The molecule has 25 heavy (non-hydrogen) atoms. The molecule has 0 bridgehead atoms. The molecule has 1 aromatic carbocycles. The third-order valence-corrected chi connectivity index (χ3v) is 5.09. The molecule has 1 heterocycles. The van der Waals surface area contributed by atoms with Crippen LogP contribution in [0.25, 0.3) is 6.08 Å². The maximum absolute atomic E-state index is 12.5. The maximum Gasteiger partial charge on any atom is 0.275 e. The second-order valence-electron chi connectivity index (χ2n) is 5.14. The summed E-state index contributed by atoms with van der Waals surface area (Å²) in [7, 11) is -2.67. The van der Waals surface area contributed by atoms with Gasteiger partial charge < -0.3 is 9.15 Å². The minimum atomic E-state index is -4.15. The molecule has 0 atom stereocenters. The Kier molecular flexibility index (Phi) is 5.29. The fourth-order valence-corrected chi connectivity index (χ4v) is 3.45. The van der Waals surface area contributed by atoms with Crippen LogP contribution in [0.3, 0.4) is 0 Å². The number of carbonyl (C=O) groups excluding carboxylic acids is 1. The highest BCUT2D eigenvalue weighted by Crippen LogP contribution is 2.26.